The third kappa shape index (κ3) is 3.46. The van der Waals surface area contributed by atoms with Gasteiger partial charge in [0.15, 0.2) is 0 Å². The molecule has 7 heteroatoms. The third-order valence-electron chi connectivity index (χ3n) is 4.64. The molecule has 1 aliphatic rings. The number of hydrogen-bond acceptors (Lipinski definition) is 3. The topological polar surface area (TPSA) is 42.3 Å². The zero-order chi connectivity index (χ0) is 19.8. The van der Waals surface area contributed by atoms with E-state index in [1.165, 1.54) is 4.90 Å². The van der Waals surface area contributed by atoms with E-state index < -0.39 is 0 Å². The number of para-hydroxylation sites is 1. The summed E-state index contributed by atoms with van der Waals surface area (Å²) < 4.78 is 2.13. The average Bonchev–Trinajstić information content (AvgIpc) is 3.17. The number of halogens is 2. The molecule has 28 heavy (non-hydrogen) atoms. The van der Waals surface area contributed by atoms with E-state index in [0.717, 1.165) is 40.3 Å². The first-order valence-electron chi connectivity index (χ1n) is 8.75. The molecule has 0 bridgehead atoms. The fourth-order valence-corrected chi connectivity index (χ4v) is 4.40. The summed E-state index contributed by atoms with van der Waals surface area (Å²) in [4.78, 5) is 26.9. The molecule has 1 aliphatic heterocycles. The molecule has 4 rings (SSSR count). The van der Waals surface area contributed by atoms with E-state index in [1.807, 2.05) is 30.5 Å². The van der Waals surface area contributed by atoms with Gasteiger partial charge in [-0.2, -0.15) is 0 Å². The third-order valence-corrected chi connectivity index (χ3v) is 6.29. The van der Waals surface area contributed by atoms with E-state index in [2.05, 4.69) is 11.5 Å². The van der Waals surface area contributed by atoms with Gasteiger partial charge in [-0.1, -0.05) is 47.5 Å². The van der Waals surface area contributed by atoms with Crippen molar-refractivity contribution in [2.24, 2.45) is 0 Å². The second kappa shape index (κ2) is 7.66. The van der Waals surface area contributed by atoms with Gasteiger partial charge in [-0.15, -0.1) is 0 Å². The summed E-state index contributed by atoms with van der Waals surface area (Å²) in [6.45, 7) is 3.06. The summed E-state index contributed by atoms with van der Waals surface area (Å²) in [5, 5.41) is 1.60. The fraction of sp³-hybridized carbons (Fsp3) is 0.143. The van der Waals surface area contributed by atoms with Gasteiger partial charge in [0.2, 0.25) is 0 Å². The van der Waals surface area contributed by atoms with Crippen molar-refractivity contribution in [1.82, 2.24) is 9.47 Å². The Labute approximate surface area is 176 Å². The van der Waals surface area contributed by atoms with Gasteiger partial charge in [0.05, 0.1) is 21.5 Å². The monoisotopic (exact) mass is 430 g/mol. The second-order valence-electron chi connectivity index (χ2n) is 6.40. The predicted octanol–water partition coefficient (Wildman–Crippen LogP) is 6.20. The van der Waals surface area contributed by atoms with Crippen LogP contribution in [0.15, 0.2) is 53.6 Å². The minimum absolute atomic E-state index is 0.162. The molecule has 142 valence electrons. The van der Waals surface area contributed by atoms with E-state index in [9.17, 15) is 9.59 Å². The lowest BCUT2D eigenvalue weighted by molar-refractivity contribution is -0.123. The first kappa shape index (κ1) is 19.1. The number of nitrogens with zero attached hydrogens (tertiary/aromatic N) is 2. The Morgan fingerprint density at radius 3 is 2.61 bits per heavy atom. The van der Waals surface area contributed by atoms with Crippen molar-refractivity contribution in [3.63, 3.8) is 0 Å². The Morgan fingerprint density at radius 2 is 1.86 bits per heavy atom. The Bertz CT molecular complexity index is 1140. The van der Waals surface area contributed by atoms with Crippen molar-refractivity contribution in [3.8, 4) is 0 Å². The van der Waals surface area contributed by atoms with E-state index in [1.54, 1.807) is 24.3 Å². The molecule has 2 heterocycles. The maximum Gasteiger partial charge on any atom is 0.293 e. The maximum atomic E-state index is 12.8. The van der Waals surface area contributed by atoms with E-state index in [4.69, 9.17) is 23.2 Å². The van der Waals surface area contributed by atoms with Crippen LogP contribution >= 0.6 is 35.0 Å². The number of fused-ring (bicyclic) bond motifs is 1. The molecular weight excluding hydrogens is 415 g/mol. The molecule has 2 aromatic carbocycles. The Kier molecular flexibility index (Phi) is 5.23. The number of carbonyl (C=O) groups excluding carboxylic acids is 2. The smallest absolute Gasteiger partial charge is 0.293 e. The van der Waals surface area contributed by atoms with Crippen molar-refractivity contribution in [1.29, 1.82) is 0 Å². The van der Waals surface area contributed by atoms with Crippen LogP contribution in [-0.2, 0) is 17.9 Å². The SMILES string of the molecule is CCn1cc(/C=C2\SC(=O)N(Cc3ccc(Cl)c(Cl)c3)C2=O)c2ccccc21. The number of benzene rings is 2. The fourth-order valence-electron chi connectivity index (χ4n) is 3.25. The first-order chi connectivity index (χ1) is 13.5. The molecule has 0 spiro atoms. The summed E-state index contributed by atoms with van der Waals surface area (Å²) in [5.41, 5.74) is 2.78. The summed E-state index contributed by atoms with van der Waals surface area (Å²) in [6.07, 6.45) is 3.81. The highest BCUT2D eigenvalue weighted by Gasteiger charge is 2.35. The van der Waals surface area contributed by atoms with Gasteiger partial charge in [0.25, 0.3) is 11.1 Å². The molecule has 0 N–H and O–H groups in total. The molecule has 1 saturated heterocycles. The van der Waals surface area contributed by atoms with Gasteiger partial charge in [-0.05, 0) is 48.5 Å². The van der Waals surface area contributed by atoms with Crippen LogP contribution in [0.1, 0.15) is 18.1 Å². The summed E-state index contributed by atoms with van der Waals surface area (Å²) in [7, 11) is 0. The number of imide groups is 1. The number of hydrogen-bond donors (Lipinski definition) is 0. The van der Waals surface area contributed by atoms with E-state index >= 15 is 0 Å². The Morgan fingerprint density at radius 1 is 1.07 bits per heavy atom. The van der Waals surface area contributed by atoms with Gasteiger partial charge >= 0.3 is 0 Å². The van der Waals surface area contributed by atoms with Crippen LogP contribution in [0.2, 0.25) is 10.0 Å². The number of thioether (sulfide) groups is 1. The van der Waals surface area contributed by atoms with Crippen LogP contribution < -0.4 is 0 Å². The van der Waals surface area contributed by atoms with Crippen LogP contribution in [0.4, 0.5) is 4.79 Å². The highest BCUT2D eigenvalue weighted by Crippen LogP contribution is 2.35. The largest absolute Gasteiger partial charge is 0.347 e. The molecular formula is C21H16Cl2N2O2S. The van der Waals surface area contributed by atoms with Crippen molar-refractivity contribution in [3.05, 3.63) is 74.7 Å². The zero-order valence-corrected chi connectivity index (χ0v) is 17.3. The molecule has 4 nitrogen and oxygen atoms in total. The minimum atomic E-state index is -0.297. The number of amides is 2. The Hall–Kier alpha value is -2.21. The van der Waals surface area contributed by atoms with Crippen LogP contribution in [0, 0.1) is 0 Å². The summed E-state index contributed by atoms with van der Waals surface area (Å²) in [5.74, 6) is -0.297. The van der Waals surface area contributed by atoms with Gasteiger partial charge in [-0.3, -0.25) is 14.5 Å². The highest BCUT2D eigenvalue weighted by atomic mass is 35.5. The lowest BCUT2D eigenvalue weighted by Crippen LogP contribution is -2.27. The van der Waals surface area contributed by atoms with Gasteiger partial charge in [0, 0.05) is 29.2 Å². The molecule has 1 fully saturated rings. The molecule has 0 aliphatic carbocycles. The number of aromatic nitrogens is 1. The van der Waals surface area contributed by atoms with Crippen molar-refractivity contribution >= 4 is 63.1 Å². The van der Waals surface area contributed by atoms with Crippen LogP contribution in [0.25, 0.3) is 17.0 Å². The number of rotatable bonds is 4. The molecule has 3 aromatic rings. The van der Waals surface area contributed by atoms with E-state index in [0.29, 0.717) is 15.0 Å². The molecule has 2 amide bonds. The molecule has 0 saturated carbocycles. The zero-order valence-electron chi connectivity index (χ0n) is 15.0. The highest BCUT2D eigenvalue weighted by molar-refractivity contribution is 8.18. The minimum Gasteiger partial charge on any atom is -0.347 e. The van der Waals surface area contributed by atoms with Gasteiger partial charge in [0.1, 0.15) is 0 Å². The lowest BCUT2D eigenvalue weighted by Gasteiger charge is -2.12. The van der Waals surface area contributed by atoms with Crippen molar-refractivity contribution in [2.75, 3.05) is 0 Å². The van der Waals surface area contributed by atoms with Crippen molar-refractivity contribution < 1.29 is 9.59 Å². The molecule has 0 atom stereocenters. The average molecular weight is 431 g/mol. The van der Waals surface area contributed by atoms with Crippen LogP contribution in [0.5, 0.6) is 0 Å². The first-order valence-corrected chi connectivity index (χ1v) is 10.3. The van der Waals surface area contributed by atoms with Crippen LogP contribution in [0.3, 0.4) is 0 Å². The standard InChI is InChI=1S/C21H16Cl2N2O2S/c1-2-24-12-14(15-5-3-4-6-18(15)24)10-19-20(26)25(21(27)28-19)11-13-7-8-16(22)17(23)9-13/h3-10,12H,2,11H2,1H3/b19-10-. The Balaban J connectivity index is 1.64. The number of carbonyl (C=O) groups is 2. The summed E-state index contributed by atoms with van der Waals surface area (Å²) >= 11 is 12.9. The molecule has 0 radical (unpaired) electrons. The second-order valence-corrected chi connectivity index (χ2v) is 8.21. The number of aryl methyl sites for hydroxylation is 1. The maximum absolute atomic E-state index is 12.8. The predicted molar refractivity (Wildman–Crippen MR) is 116 cm³/mol. The van der Waals surface area contributed by atoms with Gasteiger partial charge < -0.3 is 4.57 Å². The molecule has 0 unspecified atom stereocenters. The van der Waals surface area contributed by atoms with E-state index in [-0.39, 0.29) is 17.7 Å². The normalized spacial score (nSPS) is 16.0. The summed E-state index contributed by atoms with van der Waals surface area (Å²) in [6, 6.07) is 13.1. The quantitative estimate of drug-likeness (QED) is 0.462. The van der Waals surface area contributed by atoms with Gasteiger partial charge in [-0.25, -0.2) is 0 Å². The molecule has 1 aromatic heterocycles. The lowest BCUT2D eigenvalue weighted by atomic mass is 10.1. The van der Waals surface area contributed by atoms with Crippen molar-refractivity contribution in [2.45, 2.75) is 20.0 Å². The van der Waals surface area contributed by atoms with Crippen LogP contribution in [-0.4, -0.2) is 20.6 Å².